The molecular formula is C16H30N2O3. The Bertz CT molecular complexity index is 327. The van der Waals surface area contributed by atoms with Crippen LogP contribution in [0.3, 0.4) is 0 Å². The van der Waals surface area contributed by atoms with Crippen LogP contribution < -0.4 is 0 Å². The van der Waals surface area contributed by atoms with Gasteiger partial charge >= 0.3 is 0 Å². The average Bonchev–Trinajstić information content (AvgIpc) is 2.89. The molecule has 0 radical (unpaired) electrons. The number of aliphatic hydroxyl groups excluding tert-OH is 1. The molecule has 0 spiro atoms. The second-order valence-corrected chi connectivity index (χ2v) is 6.70. The zero-order valence-electron chi connectivity index (χ0n) is 13.5. The maximum absolute atomic E-state index is 12.1. The molecule has 2 rings (SSSR count). The summed E-state index contributed by atoms with van der Waals surface area (Å²) >= 11 is 0. The highest BCUT2D eigenvalue weighted by Gasteiger charge is 2.33. The summed E-state index contributed by atoms with van der Waals surface area (Å²) in [5, 5.41) is 9.97. The third-order valence-corrected chi connectivity index (χ3v) is 4.49. The average molecular weight is 298 g/mol. The van der Waals surface area contributed by atoms with E-state index in [0.29, 0.717) is 25.0 Å². The Balaban J connectivity index is 1.65. The molecule has 1 N–H and O–H groups in total. The first-order chi connectivity index (χ1) is 10.1. The fourth-order valence-corrected chi connectivity index (χ4v) is 3.29. The first-order valence-corrected chi connectivity index (χ1v) is 8.35. The van der Waals surface area contributed by atoms with Gasteiger partial charge in [-0.05, 0) is 25.2 Å². The van der Waals surface area contributed by atoms with E-state index in [1.54, 1.807) is 0 Å². The quantitative estimate of drug-likeness (QED) is 0.746. The highest BCUT2D eigenvalue weighted by molar-refractivity contribution is 5.76. The first kappa shape index (κ1) is 16.7. The lowest BCUT2D eigenvalue weighted by atomic mass is 10.1. The van der Waals surface area contributed by atoms with E-state index < -0.39 is 0 Å². The number of carbonyl (C=O) groups excluding carboxylic acids is 1. The molecule has 1 saturated heterocycles. The van der Waals surface area contributed by atoms with Crippen LogP contribution in [0.4, 0.5) is 0 Å². The van der Waals surface area contributed by atoms with Crippen LogP contribution in [0, 0.1) is 5.92 Å². The van der Waals surface area contributed by atoms with E-state index in [1.165, 1.54) is 0 Å². The number of aliphatic hydroxyl groups is 1. The molecular weight excluding hydrogens is 268 g/mol. The Kier molecular flexibility index (Phi) is 6.45. The van der Waals surface area contributed by atoms with Crippen molar-refractivity contribution in [1.82, 2.24) is 9.80 Å². The zero-order valence-corrected chi connectivity index (χ0v) is 13.5. The molecule has 1 aliphatic heterocycles. The van der Waals surface area contributed by atoms with Gasteiger partial charge < -0.3 is 14.7 Å². The summed E-state index contributed by atoms with van der Waals surface area (Å²) in [5.41, 5.74) is 0. The van der Waals surface area contributed by atoms with Crippen molar-refractivity contribution in [3.05, 3.63) is 0 Å². The number of rotatable bonds is 6. The van der Waals surface area contributed by atoms with Crippen LogP contribution in [0.1, 0.15) is 39.5 Å². The van der Waals surface area contributed by atoms with E-state index in [4.69, 9.17) is 4.74 Å². The topological polar surface area (TPSA) is 53.0 Å². The Morgan fingerprint density at radius 1 is 1.24 bits per heavy atom. The molecule has 1 saturated carbocycles. The molecule has 1 heterocycles. The lowest BCUT2D eigenvalue weighted by molar-refractivity contribution is -0.134. The molecule has 21 heavy (non-hydrogen) atoms. The predicted molar refractivity (Wildman–Crippen MR) is 82.1 cm³/mol. The lowest BCUT2D eigenvalue weighted by Crippen LogP contribution is -2.53. The molecule has 122 valence electrons. The smallest absolute Gasteiger partial charge is 0.224 e. The summed E-state index contributed by atoms with van der Waals surface area (Å²) in [4.78, 5) is 16.4. The van der Waals surface area contributed by atoms with Crippen LogP contribution >= 0.6 is 0 Å². The van der Waals surface area contributed by atoms with E-state index in [9.17, 15) is 9.90 Å². The van der Waals surface area contributed by atoms with Crippen LogP contribution in [0.25, 0.3) is 0 Å². The predicted octanol–water partition coefficient (Wildman–Crippen LogP) is 1.11. The van der Waals surface area contributed by atoms with Crippen LogP contribution in [0.5, 0.6) is 0 Å². The van der Waals surface area contributed by atoms with Gasteiger partial charge in [-0.15, -0.1) is 0 Å². The van der Waals surface area contributed by atoms with Crippen molar-refractivity contribution in [3.63, 3.8) is 0 Å². The molecule has 5 nitrogen and oxygen atoms in total. The lowest BCUT2D eigenvalue weighted by Gasteiger charge is -2.39. The fourth-order valence-electron chi connectivity index (χ4n) is 3.29. The van der Waals surface area contributed by atoms with E-state index in [2.05, 4.69) is 18.7 Å². The molecule has 5 heteroatoms. The van der Waals surface area contributed by atoms with E-state index in [-0.39, 0.29) is 12.0 Å². The first-order valence-electron chi connectivity index (χ1n) is 8.35. The van der Waals surface area contributed by atoms with Crippen LogP contribution in [0.15, 0.2) is 0 Å². The molecule has 0 unspecified atom stereocenters. The van der Waals surface area contributed by atoms with Gasteiger partial charge in [0.05, 0.1) is 19.1 Å². The summed E-state index contributed by atoms with van der Waals surface area (Å²) < 4.78 is 5.48. The van der Waals surface area contributed by atoms with E-state index in [1.807, 2.05) is 4.90 Å². The molecule has 0 aromatic heterocycles. The van der Waals surface area contributed by atoms with Gasteiger partial charge in [-0.25, -0.2) is 0 Å². The van der Waals surface area contributed by atoms with Crippen molar-refractivity contribution in [1.29, 1.82) is 0 Å². The third kappa shape index (κ3) is 4.94. The number of hydrogen-bond donors (Lipinski definition) is 1. The van der Waals surface area contributed by atoms with Gasteiger partial charge in [0.25, 0.3) is 0 Å². The maximum atomic E-state index is 12.1. The van der Waals surface area contributed by atoms with Crippen molar-refractivity contribution in [3.8, 4) is 0 Å². The van der Waals surface area contributed by atoms with Gasteiger partial charge in [-0.2, -0.15) is 0 Å². The number of nitrogens with zero attached hydrogens (tertiary/aromatic N) is 2. The number of carbonyl (C=O) groups is 1. The summed E-state index contributed by atoms with van der Waals surface area (Å²) in [6.07, 6.45) is 3.46. The highest BCUT2D eigenvalue weighted by atomic mass is 16.5. The van der Waals surface area contributed by atoms with Crippen LogP contribution in [-0.2, 0) is 9.53 Å². The number of piperazine rings is 1. The third-order valence-electron chi connectivity index (χ3n) is 4.49. The second kappa shape index (κ2) is 8.11. The summed E-state index contributed by atoms with van der Waals surface area (Å²) in [6, 6.07) is 0.316. The van der Waals surface area contributed by atoms with Gasteiger partial charge in [0.1, 0.15) is 0 Å². The normalized spacial score (nSPS) is 27.5. The number of hydrogen-bond acceptors (Lipinski definition) is 4. The standard InChI is InChI=1S/C16H30N2O3/c1-13(2)12-21-11-6-16(20)18-9-7-17(8-10-18)14-4-3-5-15(14)19/h13-15,19H,3-12H2,1-2H3/t14-,15-/m0/s1. The van der Waals surface area contributed by atoms with Gasteiger partial charge in [0.15, 0.2) is 0 Å². The largest absolute Gasteiger partial charge is 0.391 e. The summed E-state index contributed by atoms with van der Waals surface area (Å²) in [6.45, 7) is 8.81. The minimum Gasteiger partial charge on any atom is -0.391 e. The second-order valence-electron chi connectivity index (χ2n) is 6.70. The van der Waals surface area contributed by atoms with Gasteiger partial charge in [0.2, 0.25) is 5.91 Å². The minimum absolute atomic E-state index is 0.170. The van der Waals surface area contributed by atoms with Crippen molar-refractivity contribution < 1.29 is 14.6 Å². The van der Waals surface area contributed by atoms with Crippen molar-refractivity contribution in [2.45, 2.75) is 51.7 Å². The molecule has 2 atom stereocenters. The van der Waals surface area contributed by atoms with Crippen LogP contribution in [0.2, 0.25) is 0 Å². The monoisotopic (exact) mass is 298 g/mol. The molecule has 0 aromatic carbocycles. The Hall–Kier alpha value is -0.650. The van der Waals surface area contributed by atoms with Crippen molar-refractivity contribution >= 4 is 5.91 Å². The SMILES string of the molecule is CC(C)COCCC(=O)N1CCN([C@H]2CCC[C@@H]2O)CC1. The summed E-state index contributed by atoms with van der Waals surface area (Å²) in [7, 11) is 0. The highest BCUT2D eigenvalue weighted by Crippen LogP contribution is 2.25. The Labute approximate surface area is 128 Å². The molecule has 0 aromatic rings. The van der Waals surface area contributed by atoms with E-state index in [0.717, 1.165) is 52.0 Å². The van der Waals surface area contributed by atoms with Gasteiger partial charge in [-0.1, -0.05) is 13.8 Å². The van der Waals surface area contributed by atoms with Crippen molar-refractivity contribution in [2.75, 3.05) is 39.4 Å². The molecule has 2 aliphatic rings. The van der Waals surface area contributed by atoms with Gasteiger partial charge in [0, 0.05) is 38.8 Å². The Morgan fingerprint density at radius 3 is 2.52 bits per heavy atom. The fraction of sp³-hybridized carbons (Fsp3) is 0.938. The van der Waals surface area contributed by atoms with Gasteiger partial charge in [-0.3, -0.25) is 9.69 Å². The summed E-state index contributed by atoms with van der Waals surface area (Å²) in [5.74, 6) is 0.715. The number of ether oxygens (including phenoxy) is 1. The van der Waals surface area contributed by atoms with E-state index >= 15 is 0 Å². The molecule has 2 fully saturated rings. The maximum Gasteiger partial charge on any atom is 0.224 e. The molecule has 1 aliphatic carbocycles. The number of amides is 1. The zero-order chi connectivity index (χ0) is 15.2. The Morgan fingerprint density at radius 2 is 1.95 bits per heavy atom. The minimum atomic E-state index is -0.170. The molecule has 1 amide bonds. The van der Waals surface area contributed by atoms with Crippen LogP contribution in [-0.4, -0.2) is 72.4 Å². The van der Waals surface area contributed by atoms with Crippen molar-refractivity contribution in [2.24, 2.45) is 5.92 Å². The molecule has 0 bridgehead atoms.